The number of piperidine rings is 1. The molecule has 2 aliphatic heterocycles. The molecule has 31 heavy (non-hydrogen) atoms. The lowest BCUT2D eigenvalue weighted by molar-refractivity contribution is -0.136. The number of carbonyl (C=O) groups excluding carboxylic acids is 1. The van der Waals surface area contributed by atoms with Crippen molar-refractivity contribution in [1.82, 2.24) is 39.8 Å². The molecule has 2 aliphatic rings. The monoisotopic (exact) mass is 420 g/mol. The highest BCUT2D eigenvalue weighted by Gasteiger charge is 2.31. The first-order chi connectivity index (χ1) is 15.3. The second-order valence-corrected chi connectivity index (χ2v) is 7.71. The van der Waals surface area contributed by atoms with Gasteiger partial charge in [0.25, 0.3) is 0 Å². The van der Waals surface area contributed by atoms with Gasteiger partial charge in [0.15, 0.2) is 11.6 Å². The molecule has 0 spiro atoms. The van der Waals surface area contributed by atoms with Gasteiger partial charge in [-0.1, -0.05) is 0 Å². The largest absolute Gasteiger partial charge is 0.355 e. The van der Waals surface area contributed by atoms with Crippen LogP contribution < -0.4 is 9.80 Å². The molecule has 0 atom stereocenters. The summed E-state index contributed by atoms with van der Waals surface area (Å²) in [5.74, 6) is 2.52. The summed E-state index contributed by atoms with van der Waals surface area (Å²) >= 11 is 0. The van der Waals surface area contributed by atoms with Gasteiger partial charge in [0.2, 0.25) is 11.9 Å². The van der Waals surface area contributed by atoms with Gasteiger partial charge in [-0.05, 0) is 31.0 Å². The minimum atomic E-state index is 0.0677. The Morgan fingerprint density at radius 2 is 1.58 bits per heavy atom. The fourth-order valence-electron chi connectivity index (χ4n) is 4.13. The molecule has 11 nitrogen and oxygen atoms in total. The van der Waals surface area contributed by atoms with Gasteiger partial charge >= 0.3 is 0 Å². The summed E-state index contributed by atoms with van der Waals surface area (Å²) in [6.07, 6.45) is 8.21. The van der Waals surface area contributed by atoms with Crippen LogP contribution in [0.5, 0.6) is 0 Å². The van der Waals surface area contributed by atoms with Crippen molar-refractivity contribution in [2.45, 2.75) is 12.8 Å². The van der Waals surface area contributed by atoms with Crippen molar-refractivity contribution < 1.29 is 4.79 Å². The van der Waals surface area contributed by atoms with Crippen molar-refractivity contribution in [3.63, 3.8) is 0 Å². The van der Waals surface area contributed by atoms with Crippen molar-refractivity contribution in [1.29, 1.82) is 0 Å². The van der Waals surface area contributed by atoms with E-state index in [0.717, 1.165) is 50.8 Å². The smallest absolute Gasteiger partial charge is 0.225 e. The minimum absolute atomic E-state index is 0.0677. The van der Waals surface area contributed by atoms with E-state index in [1.54, 1.807) is 23.4 Å². The number of amides is 1. The molecule has 0 unspecified atom stereocenters. The van der Waals surface area contributed by atoms with E-state index < -0.39 is 0 Å². The summed E-state index contributed by atoms with van der Waals surface area (Å²) in [6, 6.07) is 5.63. The van der Waals surface area contributed by atoms with Gasteiger partial charge < -0.3 is 14.7 Å². The van der Waals surface area contributed by atoms with Crippen molar-refractivity contribution in [2.24, 2.45) is 5.92 Å². The number of piperazine rings is 1. The van der Waals surface area contributed by atoms with E-state index in [0.29, 0.717) is 18.9 Å². The van der Waals surface area contributed by atoms with Gasteiger partial charge in [0, 0.05) is 57.6 Å². The molecule has 0 aliphatic carbocycles. The van der Waals surface area contributed by atoms with E-state index in [1.807, 2.05) is 23.1 Å². The normalized spacial score (nSPS) is 17.7. The van der Waals surface area contributed by atoms with Gasteiger partial charge in [0.05, 0.1) is 0 Å². The van der Waals surface area contributed by atoms with E-state index >= 15 is 0 Å². The van der Waals surface area contributed by atoms with Crippen LogP contribution in [0.1, 0.15) is 12.8 Å². The fourth-order valence-corrected chi connectivity index (χ4v) is 4.13. The molecular formula is C20H24N10O. The van der Waals surface area contributed by atoms with Crippen LogP contribution in [0.15, 0.2) is 43.2 Å². The number of nitrogens with zero attached hydrogens (tertiary/aromatic N) is 10. The van der Waals surface area contributed by atoms with E-state index in [2.05, 4.69) is 40.0 Å². The van der Waals surface area contributed by atoms with Gasteiger partial charge in [-0.15, -0.1) is 10.2 Å². The molecular weight excluding hydrogens is 396 g/mol. The first-order valence-corrected chi connectivity index (χ1v) is 10.5. The second-order valence-electron chi connectivity index (χ2n) is 7.71. The van der Waals surface area contributed by atoms with E-state index in [-0.39, 0.29) is 11.8 Å². The third-order valence-electron chi connectivity index (χ3n) is 5.88. The molecule has 0 bridgehead atoms. The molecule has 2 saturated heterocycles. The molecule has 0 aromatic carbocycles. The summed E-state index contributed by atoms with van der Waals surface area (Å²) in [5, 5.41) is 12.6. The van der Waals surface area contributed by atoms with Crippen LogP contribution in [0.2, 0.25) is 0 Å². The minimum Gasteiger partial charge on any atom is -0.355 e. The Kier molecular flexibility index (Phi) is 5.38. The maximum absolute atomic E-state index is 13.0. The average molecular weight is 420 g/mol. The van der Waals surface area contributed by atoms with E-state index in [9.17, 15) is 4.79 Å². The molecule has 0 radical (unpaired) electrons. The lowest BCUT2D eigenvalue weighted by atomic mass is 9.95. The standard InChI is InChI=1S/C20H24N10O/c31-19(28-10-12-29(13-11-28)20-22-6-1-7-23-20)16-4-8-27(9-5-16)17-2-3-18(26-25-17)30-15-21-14-24-30/h1-3,6-7,14-16H,4-5,8-13H2. The summed E-state index contributed by atoms with van der Waals surface area (Å²) in [6.45, 7) is 4.56. The first kappa shape index (κ1) is 19.3. The summed E-state index contributed by atoms with van der Waals surface area (Å²) in [4.78, 5) is 31.9. The second kappa shape index (κ2) is 8.62. The van der Waals surface area contributed by atoms with Gasteiger partial charge in [-0.2, -0.15) is 5.10 Å². The highest BCUT2D eigenvalue weighted by molar-refractivity contribution is 5.79. The number of anilines is 2. The molecule has 1 amide bonds. The molecule has 11 heteroatoms. The van der Waals surface area contributed by atoms with Crippen LogP contribution in [0.4, 0.5) is 11.8 Å². The number of hydrogen-bond donors (Lipinski definition) is 0. The summed E-state index contributed by atoms with van der Waals surface area (Å²) < 4.78 is 1.57. The Hall–Kier alpha value is -3.63. The topological polar surface area (TPSA) is 109 Å². The Balaban J connectivity index is 1.12. The van der Waals surface area contributed by atoms with Crippen molar-refractivity contribution in [2.75, 3.05) is 49.1 Å². The van der Waals surface area contributed by atoms with Gasteiger partial charge in [0.1, 0.15) is 12.7 Å². The van der Waals surface area contributed by atoms with Crippen LogP contribution >= 0.6 is 0 Å². The predicted octanol–water partition coefficient (Wildman–Crippen LogP) is 0.413. The fraction of sp³-hybridized carbons (Fsp3) is 0.450. The SMILES string of the molecule is O=C(C1CCN(c2ccc(-n3cncn3)nn2)CC1)N1CCN(c2ncccn2)CC1. The lowest BCUT2D eigenvalue weighted by Gasteiger charge is -2.38. The number of hydrogen-bond acceptors (Lipinski definition) is 9. The van der Waals surface area contributed by atoms with E-state index in [4.69, 9.17) is 0 Å². The Morgan fingerprint density at radius 3 is 2.23 bits per heavy atom. The Morgan fingerprint density at radius 1 is 0.871 bits per heavy atom. The van der Waals surface area contributed by atoms with Crippen LogP contribution in [0.3, 0.4) is 0 Å². The summed E-state index contributed by atoms with van der Waals surface area (Å²) in [7, 11) is 0. The van der Waals surface area contributed by atoms with Crippen molar-refractivity contribution in [3.05, 3.63) is 43.2 Å². The zero-order chi connectivity index (χ0) is 21.0. The third-order valence-corrected chi connectivity index (χ3v) is 5.88. The van der Waals surface area contributed by atoms with E-state index in [1.165, 1.54) is 6.33 Å². The number of carbonyl (C=O) groups is 1. The number of rotatable bonds is 4. The molecule has 2 fully saturated rings. The quantitative estimate of drug-likeness (QED) is 0.593. The first-order valence-electron chi connectivity index (χ1n) is 10.5. The Labute approximate surface area is 179 Å². The molecule has 5 rings (SSSR count). The maximum Gasteiger partial charge on any atom is 0.225 e. The van der Waals surface area contributed by atoms with Crippen LogP contribution in [0, 0.1) is 5.92 Å². The zero-order valence-corrected chi connectivity index (χ0v) is 17.2. The van der Waals surface area contributed by atoms with Gasteiger partial charge in [-0.25, -0.2) is 19.6 Å². The lowest BCUT2D eigenvalue weighted by Crippen LogP contribution is -2.52. The molecule has 160 valence electrons. The van der Waals surface area contributed by atoms with Crippen molar-refractivity contribution >= 4 is 17.7 Å². The number of aromatic nitrogens is 7. The van der Waals surface area contributed by atoms with Crippen LogP contribution in [-0.2, 0) is 4.79 Å². The third kappa shape index (κ3) is 4.16. The predicted molar refractivity (Wildman–Crippen MR) is 113 cm³/mol. The molecule has 3 aromatic rings. The molecule has 3 aromatic heterocycles. The molecule has 0 saturated carbocycles. The highest BCUT2D eigenvalue weighted by atomic mass is 16.2. The van der Waals surface area contributed by atoms with Crippen LogP contribution in [0.25, 0.3) is 5.82 Å². The maximum atomic E-state index is 13.0. The zero-order valence-electron chi connectivity index (χ0n) is 17.2. The Bertz CT molecular complexity index is 979. The van der Waals surface area contributed by atoms with Gasteiger partial charge in [-0.3, -0.25) is 4.79 Å². The highest BCUT2D eigenvalue weighted by Crippen LogP contribution is 2.24. The van der Waals surface area contributed by atoms with Crippen molar-refractivity contribution in [3.8, 4) is 5.82 Å². The molecule has 0 N–H and O–H groups in total. The summed E-state index contributed by atoms with van der Waals surface area (Å²) in [5.41, 5.74) is 0. The van der Waals surface area contributed by atoms with Crippen LogP contribution in [-0.4, -0.2) is 85.0 Å². The molecule has 5 heterocycles. The average Bonchev–Trinajstić information content (AvgIpc) is 3.40.